The first kappa shape index (κ1) is 14.3. The molecule has 1 fully saturated rings. The summed E-state index contributed by atoms with van der Waals surface area (Å²) in [7, 11) is 6.41. The number of hydrogen-bond acceptors (Lipinski definition) is 4. The van der Waals surface area contributed by atoms with Crippen molar-refractivity contribution in [3.8, 4) is 0 Å². The summed E-state index contributed by atoms with van der Waals surface area (Å²) in [6, 6.07) is 0. The maximum Gasteiger partial charge on any atom is 0.143 e. The second kappa shape index (κ2) is 5.69. The SMILES string of the molecule is CC(CN(C)CC1(N(C)C)CCC1)C(N)=NO. The van der Waals surface area contributed by atoms with Gasteiger partial charge in [0.1, 0.15) is 5.84 Å². The molecule has 1 atom stereocenters. The number of nitrogens with two attached hydrogens (primary N) is 1. The van der Waals surface area contributed by atoms with Crippen LogP contribution in [0.5, 0.6) is 0 Å². The van der Waals surface area contributed by atoms with Crippen molar-refractivity contribution in [3.05, 3.63) is 0 Å². The molecule has 0 aliphatic heterocycles. The number of likely N-dealkylation sites (N-methyl/N-ethyl adjacent to an activating group) is 2. The lowest BCUT2D eigenvalue weighted by atomic mass is 9.75. The highest BCUT2D eigenvalue weighted by atomic mass is 16.4. The van der Waals surface area contributed by atoms with Crippen LogP contribution in [0.2, 0.25) is 0 Å². The molecule has 100 valence electrons. The fraction of sp³-hybridized carbons (Fsp3) is 0.917. The van der Waals surface area contributed by atoms with Crippen LogP contribution >= 0.6 is 0 Å². The molecule has 0 aromatic heterocycles. The van der Waals surface area contributed by atoms with Crippen LogP contribution in [-0.4, -0.2) is 60.6 Å². The van der Waals surface area contributed by atoms with Crippen molar-refractivity contribution >= 4 is 5.84 Å². The van der Waals surface area contributed by atoms with Crippen LogP contribution in [0.4, 0.5) is 0 Å². The molecule has 1 unspecified atom stereocenters. The number of hydrogen-bond donors (Lipinski definition) is 2. The van der Waals surface area contributed by atoms with Gasteiger partial charge < -0.3 is 20.7 Å². The van der Waals surface area contributed by atoms with Crippen molar-refractivity contribution in [1.82, 2.24) is 9.80 Å². The van der Waals surface area contributed by atoms with Gasteiger partial charge in [-0.3, -0.25) is 0 Å². The van der Waals surface area contributed by atoms with E-state index in [4.69, 9.17) is 10.9 Å². The summed E-state index contributed by atoms with van der Waals surface area (Å²) in [5, 5.41) is 11.7. The number of nitrogens with zero attached hydrogens (tertiary/aromatic N) is 3. The van der Waals surface area contributed by atoms with Crippen LogP contribution in [-0.2, 0) is 0 Å². The molecule has 0 spiro atoms. The quantitative estimate of drug-likeness (QED) is 0.313. The highest BCUT2D eigenvalue weighted by Crippen LogP contribution is 2.36. The molecule has 1 rings (SSSR count). The average molecular weight is 242 g/mol. The summed E-state index contributed by atoms with van der Waals surface area (Å²) in [4.78, 5) is 4.61. The topological polar surface area (TPSA) is 65.1 Å². The molecule has 1 aliphatic carbocycles. The Labute approximate surface area is 104 Å². The van der Waals surface area contributed by atoms with Crippen LogP contribution in [0.15, 0.2) is 5.16 Å². The highest BCUT2D eigenvalue weighted by Gasteiger charge is 2.39. The van der Waals surface area contributed by atoms with Crippen LogP contribution in [0.25, 0.3) is 0 Å². The van der Waals surface area contributed by atoms with Crippen LogP contribution in [0, 0.1) is 5.92 Å². The lowest BCUT2D eigenvalue weighted by molar-refractivity contribution is 0.0264. The Balaban J connectivity index is 2.46. The predicted octanol–water partition coefficient (Wildman–Crippen LogP) is 0.785. The second-order valence-corrected chi connectivity index (χ2v) is 5.59. The molecular weight excluding hydrogens is 216 g/mol. The minimum atomic E-state index is 0.0873. The zero-order chi connectivity index (χ0) is 13.1. The molecule has 0 aromatic carbocycles. The van der Waals surface area contributed by atoms with E-state index in [-0.39, 0.29) is 5.92 Å². The first-order valence-corrected chi connectivity index (χ1v) is 6.24. The van der Waals surface area contributed by atoms with Crippen molar-refractivity contribution < 1.29 is 5.21 Å². The van der Waals surface area contributed by atoms with Crippen molar-refractivity contribution in [2.75, 3.05) is 34.2 Å². The Hall–Kier alpha value is -0.810. The Bertz CT molecular complexity index is 274. The second-order valence-electron chi connectivity index (χ2n) is 5.59. The first-order chi connectivity index (χ1) is 7.91. The van der Waals surface area contributed by atoms with Crippen molar-refractivity contribution in [2.45, 2.75) is 31.7 Å². The molecule has 5 nitrogen and oxygen atoms in total. The standard InChI is InChI=1S/C12H26N4O/c1-10(11(13)14-17)8-16(4)9-12(15(2)3)6-5-7-12/h10,17H,5-9H2,1-4H3,(H2,13,14). The van der Waals surface area contributed by atoms with Crippen LogP contribution in [0.1, 0.15) is 26.2 Å². The molecule has 0 aromatic rings. The molecule has 0 saturated heterocycles. The lowest BCUT2D eigenvalue weighted by Gasteiger charge is -2.49. The van der Waals surface area contributed by atoms with Gasteiger partial charge in [-0.1, -0.05) is 12.1 Å². The van der Waals surface area contributed by atoms with Crippen molar-refractivity contribution in [2.24, 2.45) is 16.8 Å². The van der Waals surface area contributed by atoms with Gasteiger partial charge in [0, 0.05) is 24.5 Å². The maximum atomic E-state index is 8.63. The highest BCUT2D eigenvalue weighted by molar-refractivity contribution is 5.82. The maximum absolute atomic E-state index is 8.63. The monoisotopic (exact) mass is 242 g/mol. The zero-order valence-electron chi connectivity index (χ0n) is 11.5. The number of amidine groups is 1. The number of oxime groups is 1. The van der Waals surface area contributed by atoms with Crippen LogP contribution in [0.3, 0.4) is 0 Å². The summed E-state index contributed by atoms with van der Waals surface area (Å²) in [6.45, 7) is 3.85. The molecular formula is C12H26N4O. The minimum absolute atomic E-state index is 0.0873. The summed E-state index contributed by atoms with van der Waals surface area (Å²) in [5.74, 6) is 0.397. The summed E-state index contributed by atoms with van der Waals surface area (Å²) in [6.07, 6.45) is 3.85. The van der Waals surface area contributed by atoms with E-state index in [2.05, 4.69) is 36.1 Å². The minimum Gasteiger partial charge on any atom is -0.409 e. The third-order valence-corrected chi connectivity index (χ3v) is 4.00. The lowest BCUT2D eigenvalue weighted by Crippen LogP contribution is -2.57. The van der Waals surface area contributed by atoms with E-state index in [9.17, 15) is 0 Å². The fourth-order valence-corrected chi connectivity index (χ4v) is 2.56. The molecule has 0 bridgehead atoms. The largest absolute Gasteiger partial charge is 0.409 e. The van der Waals surface area contributed by atoms with Gasteiger partial charge in [-0.25, -0.2) is 0 Å². The van der Waals surface area contributed by atoms with E-state index < -0.39 is 0 Å². The molecule has 5 heteroatoms. The van der Waals surface area contributed by atoms with Gasteiger partial charge in [0.2, 0.25) is 0 Å². The Morgan fingerprint density at radius 2 is 2.00 bits per heavy atom. The first-order valence-electron chi connectivity index (χ1n) is 6.24. The fourth-order valence-electron chi connectivity index (χ4n) is 2.56. The van der Waals surface area contributed by atoms with E-state index in [1.807, 2.05) is 6.92 Å². The van der Waals surface area contributed by atoms with Crippen LogP contribution < -0.4 is 5.73 Å². The summed E-state index contributed by atoms with van der Waals surface area (Å²) >= 11 is 0. The average Bonchev–Trinajstić information content (AvgIpc) is 2.21. The van der Waals surface area contributed by atoms with Gasteiger partial charge in [-0.15, -0.1) is 0 Å². The normalized spacial score (nSPS) is 21.6. The van der Waals surface area contributed by atoms with E-state index in [1.165, 1.54) is 19.3 Å². The predicted molar refractivity (Wildman–Crippen MR) is 70.3 cm³/mol. The Morgan fingerprint density at radius 3 is 2.35 bits per heavy atom. The Morgan fingerprint density at radius 1 is 1.41 bits per heavy atom. The van der Waals surface area contributed by atoms with Gasteiger partial charge in [-0.2, -0.15) is 0 Å². The zero-order valence-corrected chi connectivity index (χ0v) is 11.5. The van der Waals surface area contributed by atoms with E-state index in [0.717, 1.165) is 13.1 Å². The van der Waals surface area contributed by atoms with E-state index in [1.54, 1.807) is 0 Å². The number of rotatable bonds is 6. The molecule has 1 saturated carbocycles. The molecule has 0 amide bonds. The van der Waals surface area contributed by atoms with E-state index in [0.29, 0.717) is 11.4 Å². The van der Waals surface area contributed by atoms with Gasteiger partial charge in [0.05, 0.1) is 0 Å². The Kier molecular flexibility index (Phi) is 4.77. The smallest absolute Gasteiger partial charge is 0.143 e. The summed E-state index contributed by atoms with van der Waals surface area (Å²) < 4.78 is 0. The molecule has 3 N–H and O–H groups in total. The molecule has 0 radical (unpaired) electrons. The molecule has 0 heterocycles. The van der Waals surface area contributed by atoms with Gasteiger partial charge in [0.15, 0.2) is 0 Å². The molecule has 17 heavy (non-hydrogen) atoms. The third-order valence-electron chi connectivity index (χ3n) is 4.00. The van der Waals surface area contributed by atoms with Crippen molar-refractivity contribution in [3.63, 3.8) is 0 Å². The summed E-state index contributed by atoms with van der Waals surface area (Å²) in [5.41, 5.74) is 5.93. The van der Waals surface area contributed by atoms with Gasteiger partial charge >= 0.3 is 0 Å². The third kappa shape index (κ3) is 3.33. The molecule has 1 aliphatic rings. The van der Waals surface area contributed by atoms with Crippen molar-refractivity contribution in [1.29, 1.82) is 0 Å². The van der Waals surface area contributed by atoms with Gasteiger partial charge in [-0.05, 0) is 40.4 Å². The van der Waals surface area contributed by atoms with Gasteiger partial charge in [0.25, 0.3) is 0 Å². The van der Waals surface area contributed by atoms with E-state index >= 15 is 0 Å².